The number of amides is 1. The number of halogens is 3. The number of phenolic OH excluding ortho intramolecular Hbond substituents is 1. The molecule has 2 aromatic carbocycles. The number of carbonyl (C=O) groups excluding carboxylic acids is 1. The molecule has 0 heterocycles. The van der Waals surface area contributed by atoms with Gasteiger partial charge in [-0.05, 0) is 53.2 Å². The lowest BCUT2D eigenvalue weighted by atomic mass is 10.2. The van der Waals surface area contributed by atoms with E-state index in [0.29, 0.717) is 28.0 Å². The van der Waals surface area contributed by atoms with Crippen LogP contribution in [0.4, 0.5) is 0 Å². The summed E-state index contributed by atoms with van der Waals surface area (Å²) in [5, 5.41) is 13.9. The number of nitrogens with one attached hydrogen (secondary N) is 1. The van der Waals surface area contributed by atoms with Crippen molar-refractivity contribution in [3.05, 3.63) is 54.9 Å². The highest BCUT2D eigenvalue weighted by atomic mass is 79.9. The minimum absolute atomic E-state index is 0.0358. The maximum absolute atomic E-state index is 12.3. The number of benzene rings is 2. The third-order valence-corrected chi connectivity index (χ3v) is 4.47. The number of carbonyl (C=O) groups is 1. The molecule has 0 saturated carbocycles. The number of aromatic hydroxyl groups is 1. The molecule has 0 spiro atoms. The monoisotopic (exact) mass is 518 g/mol. The predicted octanol–water partition coefficient (Wildman–Crippen LogP) is 4.84. The van der Waals surface area contributed by atoms with Gasteiger partial charge in [-0.1, -0.05) is 31.9 Å². The number of ether oxygens (including phenoxy) is 1. The number of nitrogens with zero attached hydrogens (tertiary/aromatic N) is 1. The maximum Gasteiger partial charge on any atom is 0.275 e. The second kappa shape index (κ2) is 8.64. The Morgan fingerprint density at radius 2 is 2.00 bits per heavy atom. The lowest BCUT2D eigenvalue weighted by Gasteiger charge is -2.09. The van der Waals surface area contributed by atoms with Crippen LogP contribution in [-0.2, 0) is 0 Å². The molecule has 8 heteroatoms. The van der Waals surface area contributed by atoms with E-state index in [4.69, 9.17) is 4.74 Å². The number of hydrogen-bond donors (Lipinski definition) is 2. The Hall–Kier alpha value is -1.38. The van der Waals surface area contributed by atoms with Crippen LogP contribution < -0.4 is 10.2 Å². The van der Waals surface area contributed by atoms with Gasteiger partial charge in [0.25, 0.3) is 5.91 Å². The zero-order valence-corrected chi connectivity index (χ0v) is 17.3. The van der Waals surface area contributed by atoms with Gasteiger partial charge < -0.3 is 9.84 Å². The van der Waals surface area contributed by atoms with E-state index in [1.54, 1.807) is 30.3 Å². The minimum Gasteiger partial charge on any atom is -0.506 e. The topological polar surface area (TPSA) is 70.9 Å². The molecule has 0 aliphatic heterocycles. The normalized spacial score (nSPS) is 10.8. The second-order valence-corrected chi connectivity index (χ2v) is 7.28. The zero-order chi connectivity index (χ0) is 17.7. The molecule has 0 aromatic heterocycles. The molecule has 5 nitrogen and oxygen atoms in total. The SMILES string of the molecule is CCOc1ccc(Br)cc1C(=O)N/N=C\c1cc(Br)cc(Br)c1O. The van der Waals surface area contributed by atoms with Crippen molar-refractivity contribution in [2.45, 2.75) is 6.92 Å². The molecule has 126 valence electrons. The number of phenols is 1. The first-order valence-corrected chi connectivity index (χ1v) is 9.24. The summed E-state index contributed by atoms with van der Waals surface area (Å²) in [6, 6.07) is 8.55. The fraction of sp³-hybridized carbons (Fsp3) is 0.125. The summed E-state index contributed by atoms with van der Waals surface area (Å²) in [5.74, 6) is 0.0969. The summed E-state index contributed by atoms with van der Waals surface area (Å²) in [6.45, 7) is 2.29. The Labute approximate surface area is 164 Å². The van der Waals surface area contributed by atoms with Crippen LogP contribution in [0, 0.1) is 0 Å². The molecule has 0 atom stereocenters. The van der Waals surface area contributed by atoms with Crippen molar-refractivity contribution < 1.29 is 14.6 Å². The van der Waals surface area contributed by atoms with Crippen molar-refractivity contribution >= 4 is 59.9 Å². The van der Waals surface area contributed by atoms with E-state index < -0.39 is 5.91 Å². The van der Waals surface area contributed by atoms with E-state index in [1.165, 1.54) is 6.21 Å². The fourth-order valence-electron chi connectivity index (χ4n) is 1.87. The van der Waals surface area contributed by atoms with Gasteiger partial charge >= 0.3 is 0 Å². The average molecular weight is 521 g/mol. The molecule has 24 heavy (non-hydrogen) atoms. The van der Waals surface area contributed by atoms with Gasteiger partial charge in [0.05, 0.1) is 22.9 Å². The Balaban J connectivity index is 2.18. The van der Waals surface area contributed by atoms with Crippen molar-refractivity contribution in [1.29, 1.82) is 0 Å². The van der Waals surface area contributed by atoms with Crippen molar-refractivity contribution in [2.24, 2.45) is 5.10 Å². The fourth-order valence-corrected chi connectivity index (χ4v) is 3.49. The first-order chi connectivity index (χ1) is 11.4. The Kier molecular flexibility index (Phi) is 6.82. The van der Waals surface area contributed by atoms with Gasteiger partial charge in [-0.3, -0.25) is 4.79 Å². The largest absolute Gasteiger partial charge is 0.506 e. The van der Waals surface area contributed by atoms with Crippen molar-refractivity contribution in [3.63, 3.8) is 0 Å². The lowest BCUT2D eigenvalue weighted by molar-refractivity contribution is 0.0951. The minimum atomic E-state index is -0.412. The third-order valence-electron chi connectivity index (χ3n) is 2.91. The highest BCUT2D eigenvalue weighted by molar-refractivity contribution is 9.11. The van der Waals surface area contributed by atoms with Crippen LogP contribution in [0.1, 0.15) is 22.8 Å². The zero-order valence-electron chi connectivity index (χ0n) is 12.5. The molecule has 2 aromatic rings. The van der Waals surface area contributed by atoms with E-state index in [0.717, 1.165) is 8.95 Å². The van der Waals surface area contributed by atoms with Crippen LogP contribution in [0.25, 0.3) is 0 Å². The van der Waals surface area contributed by atoms with Crippen LogP contribution >= 0.6 is 47.8 Å². The molecule has 0 saturated heterocycles. The molecule has 0 radical (unpaired) electrons. The van der Waals surface area contributed by atoms with Gasteiger partial charge in [-0.15, -0.1) is 0 Å². The summed E-state index contributed by atoms with van der Waals surface area (Å²) >= 11 is 9.89. The molecule has 0 aliphatic carbocycles. The van der Waals surface area contributed by atoms with E-state index in [1.807, 2.05) is 6.92 Å². The highest BCUT2D eigenvalue weighted by Crippen LogP contribution is 2.30. The van der Waals surface area contributed by atoms with Crippen LogP contribution in [0.5, 0.6) is 11.5 Å². The van der Waals surface area contributed by atoms with E-state index in [2.05, 4.69) is 58.3 Å². The molecule has 1 amide bonds. The Bertz CT molecular complexity index is 794. The third kappa shape index (κ3) is 4.81. The van der Waals surface area contributed by atoms with Crippen molar-refractivity contribution in [3.8, 4) is 11.5 Å². The number of rotatable bonds is 5. The van der Waals surface area contributed by atoms with Gasteiger partial charge in [-0.25, -0.2) is 5.43 Å². The lowest BCUT2D eigenvalue weighted by Crippen LogP contribution is -2.18. The van der Waals surface area contributed by atoms with Crippen molar-refractivity contribution in [2.75, 3.05) is 6.61 Å². The quantitative estimate of drug-likeness (QED) is 0.438. The first kappa shape index (κ1) is 19.0. The van der Waals surface area contributed by atoms with Gasteiger partial charge in [0.1, 0.15) is 11.5 Å². The van der Waals surface area contributed by atoms with Crippen LogP contribution in [0.2, 0.25) is 0 Å². The molecular weight excluding hydrogens is 508 g/mol. The summed E-state index contributed by atoms with van der Waals surface area (Å²) in [6.07, 6.45) is 1.36. The average Bonchev–Trinajstić information content (AvgIpc) is 2.53. The molecule has 2 N–H and O–H groups in total. The molecule has 0 bridgehead atoms. The Morgan fingerprint density at radius 1 is 1.25 bits per heavy atom. The number of hydrazone groups is 1. The maximum atomic E-state index is 12.3. The van der Waals surface area contributed by atoms with Gasteiger partial charge in [0, 0.05) is 14.5 Å². The molecule has 0 fully saturated rings. The summed E-state index contributed by atoms with van der Waals surface area (Å²) in [5.41, 5.74) is 3.25. The Morgan fingerprint density at radius 3 is 2.71 bits per heavy atom. The van der Waals surface area contributed by atoms with Crippen LogP contribution in [0.15, 0.2) is 48.9 Å². The standard InChI is InChI=1S/C16H13Br3N2O3/c1-2-24-14-4-3-10(17)6-12(14)16(23)21-20-8-9-5-11(18)7-13(19)15(9)22/h3-8,22H,2H2,1H3,(H,21,23)/b20-8-. The first-order valence-electron chi connectivity index (χ1n) is 6.86. The molecular formula is C16H13Br3N2O3. The molecule has 0 unspecified atom stereocenters. The number of hydrogen-bond acceptors (Lipinski definition) is 4. The van der Waals surface area contributed by atoms with Gasteiger partial charge in [0.2, 0.25) is 0 Å². The smallest absolute Gasteiger partial charge is 0.275 e. The van der Waals surface area contributed by atoms with E-state index in [9.17, 15) is 9.90 Å². The summed E-state index contributed by atoms with van der Waals surface area (Å²) < 4.78 is 7.49. The van der Waals surface area contributed by atoms with E-state index in [-0.39, 0.29) is 5.75 Å². The van der Waals surface area contributed by atoms with Crippen molar-refractivity contribution in [1.82, 2.24) is 5.43 Å². The predicted molar refractivity (Wildman–Crippen MR) is 104 cm³/mol. The van der Waals surface area contributed by atoms with Gasteiger partial charge in [-0.2, -0.15) is 5.10 Å². The highest BCUT2D eigenvalue weighted by Gasteiger charge is 2.13. The molecule has 0 aliphatic rings. The van der Waals surface area contributed by atoms with E-state index >= 15 is 0 Å². The summed E-state index contributed by atoms with van der Waals surface area (Å²) in [7, 11) is 0. The van der Waals surface area contributed by atoms with Crippen LogP contribution in [-0.4, -0.2) is 23.8 Å². The molecule has 2 rings (SSSR count). The van der Waals surface area contributed by atoms with Crippen LogP contribution in [0.3, 0.4) is 0 Å². The summed E-state index contributed by atoms with van der Waals surface area (Å²) in [4.78, 5) is 12.3. The van der Waals surface area contributed by atoms with Gasteiger partial charge in [0.15, 0.2) is 0 Å². The second-order valence-electron chi connectivity index (χ2n) is 4.60.